The van der Waals surface area contributed by atoms with Gasteiger partial charge in [-0.1, -0.05) is 354 Å². The minimum Gasteiger partial charge on any atom is -0.311 e. The highest BCUT2D eigenvalue weighted by atomic mass is 32.2. The molecule has 0 saturated carbocycles. The van der Waals surface area contributed by atoms with Crippen LogP contribution in [0.4, 0.5) is 51.2 Å². The lowest BCUT2D eigenvalue weighted by Crippen LogP contribution is -2.65. The summed E-state index contributed by atoms with van der Waals surface area (Å²) in [6.45, 7) is 42.1. The SMILES string of the molecule is CC(C)(C)c1ccc(N2c3cc4c(cc3B3c5ccc(C(C)(C)C)cc5N(c5c(-c6ccccc6)cccc5-c5ccccc5)c5cc(-n6c7ccc(C(C)(C)C)cc7c7cc(C(C)(C)C)ccc76)cc2c53)B2c3ccc(C(C)(C)C)cc3Sc3cc(C(C)(C)C)cc(c32)N4c2c(-c3ccccc3)cccc2-c2ccccc2)cc1. The molecular formula is C108H102B2N4S. The average Bonchev–Trinajstić information content (AvgIpc) is 1.63. The maximum absolute atomic E-state index is 2.76. The molecule has 19 rings (SSSR count). The van der Waals surface area contributed by atoms with E-state index in [1.54, 1.807) is 0 Å². The molecule has 115 heavy (non-hydrogen) atoms. The molecule has 0 aliphatic carbocycles. The normalized spacial score (nSPS) is 13.9. The van der Waals surface area contributed by atoms with Gasteiger partial charge in [-0.15, -0.1) is 0 Å². The molecular weight excluding hydrogens is 1410 g/mol. The highest BCUT2D eigenvalue weighted by molar-refractivity contribution is 8.00. The van der Waals surface area contributed by atoms with Crippen LogP contribution in [-0.4, -0.2) is 18.0 Å². The number of para-hydroxylation sites is 2. The van der Waals surface area contributed by atoms with E-state index in [0.717, 1.165) is 62.1 Å². The fraction of sp³-hybridized carbons (Fsp3) is 0.222. The second-order valence-electron chi connectivity index (χ2n) is 39.0. The zero-order chi connectivity index (χ0) is 79.9. The molecule has 7 heteroatoms. The van der Waals surface area contributed by atoms with Crippen LogP contribution in [0.2, 0.25) is 0 Å². The number of rotatable bonds is 8. The molecule has 4 aliphatic heterocycles. The van der Waals surface area contributed by atoms with E-state index in [9.17, 15) is 0 Å². The molecule has 0 unspecified atom stereocenters. The average molecular weight is 1510 g/mol. The van der Waals surface area contributed by atoms with E-state index in [1.807, 2.05) is 11.8 Å². The van der Waals surface area contributed by atoms with Crippen LogP contribution in [0.25, 0.3) is 72.0 Å². The molecule has 0 N–H and O–H groups in total. The molecule has 0 fully saturated rings. The highest BCUT2D eigenvalue weighted by Crippen LogP contribution is 2.56. The zero-order valence-electron chi connectivity index (χ0n) is 70.1. The van der Waals surface area contributed by atoms with Crippen molar-refractivity contribution >= 4 is 131 Å². The number of hydrogen-bond acceptors (Lipinski definition) is 4. The Morgan fingerprint density at radius 2 is 0.583 bits per heavy atom. The number of nitrogens with zero attached hydrogens (tertiary/aromatic N) is 4. The fourth-order valence-corrected chi connectivity index (χ4v) is 20.0. The van der Waals surface area contributed by atoms with Gasteiger partial charge in [0.05, 0.1) is 28.1 Å². The maximum Gasteiger partial charge on any atom is 0.252 e. The van der Waals surface area contributed by atoms with E-state index >= 15 is 0 Å². The van der Waals surface area contributed by atoms with Crippen molar-refractivity contribution in [2.75, 3.05) is 14.7 Å². The molecule has 0 radical (unpaired) electrons. The van der Waals surface area contributed by atoms with Gasteiger partial charge in [-0.3, -0.25) is 0 Å². The van der Waals surface area contributed by atoms with Gasteiger partial charge < -0.3 is 19.3 Å². The summed E-state index contributed by atoms with van der Waals surface area (Å²) in [7, 11) is 0. The molecule has 0 atom stereocenters. The Kier molecular flexibility index (Phi) is 17.1. The molecule has 4 aliphatic rings. The molecule has 566 valence electrons. The van der Waals surface area contributed by atoms with Crippen LogP contribution in [0.5, 0.6) is 0 Å². The molecule has 1 aromatic heterocycles. The van der Waals surface area contributed by atoms with Crippen molar-refractivity contribution in [3.8, 4) is 50.2 Å². The van der Waals surface area contributed by atoms with Crippen molar-refractivity contribution in [1.29, 1.82) is 0 Å². The summed E-state index contributed by atoms with van der Waals surface area (Å²) in [6, 6.07) is 114. The zero-order valence-corrected chi connectivity index (χ0v) is 70.9. The Hall–Kier alpha value is -11.2. The van der Waals surface area contributed by atoms with Crippen molar-refractivity contribution in [2.45, 2.75) is 167 Å². The summed E-state index contributed by atoms with van der Waals surface area (Å²) in [6.07, 6.45) is 0. The van der Waals surface area contributed by atoms with E-state index in [4.69, 9.17) is 0 Å². The van der Waals surface area contributed by atoms with Crippen molar-refractivity contribution in [3.63, 3.8) is 0 Å². The standard InChI is InChI=1S/C108H102B2N4S/c1-103(2,3)71-45-51-77(52-46-71)111-92-66-93-88(110-86-54-48-75(107(13,14)15)61-97(86)115-98-62-76(108(16,17)18)60-94(100(98)110)114(93)102-81(69-37-27-21-28-38-69)43-32-44-82(102)70-39-29-22-30-40-70)65-87(92)109-85-53-47-74(106(10,11)12)59-91(85)113(101-79(67-33-23-19-24-34-67)41-31-42-80(101)68-35-25-20-26-36-68)96-64-78(63-95(111)99(96)109)112-89-55-49-72(104(4,5)6)57-83(89)84-58-73(105(7,8)9)50-56-90(84)112/h19-66H,1-18H3. The summed E-state index contributed by atoms with van der Waals surface area (Å²) in [5.74, 6) is 0. The summed E-state index contributed by atoms with van der Waals surface area (Å²) in [5, 5.41) is 2.51. The summed E-state index contributed by atoms with van der Waals surface area (Å²) in [5.41, 5.74) is 37.9. The monoisotopic (exact) mass is 1510 g/mol. The van der Waals surface area contributed by atoms with Crippen molar-refractivity contribution in [1.82, 2.24) is 4.57 Å². The summed E-state index contributed by atoms with van der Waals surface area (Å²) >= 11 is 1.97. The lowest BCUT2D eigenvalue weighted by Gasteiger charge is -2.47. The van der Waals surface area contributed by atoms with Gasteiger partial charge in [0.2, 0.25) is 6.71 Å². The van der Waals surface area contributed by atoms with Gasteiger partial charge in [-0.25, -0.2) is 0 Å². The van der Waals surface area contributed by atoms with Gasteiger partial charge in [0, 0.05) is 82.6 Å². The first-order valence-electron chi connectivity index (χ1n) is 41.4. The first-order valence-corrected chi connectivity index (χ1v) is 42.3. The number of fused-ring (bicyclic) bond motifs is 11. The predicted octanol–water partition coefficient (Wildman–Crippen LogP) is 26.1. The minimum atomic E-state index is -0.273. The molecule has 5 heterocycles. The molecule has 0 bridgehead atoms. The van der Waals surface area contributed by atoms with Crippen LogP contribution < -0.4 is 47.5 Å². The molecule has 14 aromatic carbocycles. The van der Waals surface area contributed by atoms with E-state index in [0.29, 0.717) is 0 Å². The molecule has 0 spiro atoms. The largest absolute Gasteiger partial charge is 0.311 e. The number of hydrogen-bond donors (Lipinski definition) is 0. The van der Waals surface area contributed by atoms with E-state index in [2.05, 4.69) is 435 Å². The van der Waals surface area contributed by atoms with Gasteiger partial charge >= 0.3 is 0 Å². The lowest BCUT2D eigenvalue weighted by atomic mass is 9.30. The van der Waals surface area contributed by atoms with Crippen LogP contribution in [0.3, 0.4) is 0 Å². The number of aromatic nitrogens is 1. The Labute approximate surface area is 687 Å². The van der Waals surface area contributed by atoms with E-state index in [1.165, 1.54) is 137 Å². The van der Waals surface area contributed by atoms with Crippen molar-refractivity contribution in [3.05, 3.63) is 325 Å². The van der Waals surface area contributed by atoms with E-state index in [-0.39, 0.29) is 45.9 Å². The molecule has 0 saturated heterocycles. The Morgan fingerprint density at radius 3 is 1.03 bits per heavy atom. The Morgan fingerprint density at radius 1 is 0.235 bits per heavy atom. The molecule has 0 amide bonds. The quantitative estimate of drug-likeness (QED) is 0.141. The minimum absolute atomic E-state index is 0.0746. The smallest absolute Gasteiger partial charge is 0.252 e. The second kappa shape index (κ2) is 26.7. The van der Waals surface area contributed by atoms with Crippen LogP contribution in [0.1, 0.15) is 158 Å². The maximum atomic E-state index is 2.76. The third-order valence-corrected chi connectivity index (χ3v) is 26.3. The first kappa shape index (κ1) is 73.9. The molecule has 15 aromatic rings. The highest BCUT2D eigenvalue weighted by Gasteiger charge is 2.50. The second-order valence-corrected chi connectivity index (χ2v) is 40.1. The van der Waals surface area contributed by atoms with Gasteiger partial charge in [-0.05, 0) is 194 Å². The van der Waals surface area contributed by atoms with Crippen molar-refractivity contribution in [2.24, 2.45) is 0 Å². The van der Waals surface area contributed by atoms with Gasteiger partial charge in [0.25, 0.3) is 6.71 Å². The van der Waals surface area contributed by atoms with Crippen LogP contribution in [0, 0.1) is 0 Å². The van der Waals surface area contributed by atoms with Gasteiger partial charge in [-0.2, -0.15) is 0 Å². The summed E-state index contributed by atoms with van der Waals surface area (Å²) in [4.78, 5) is 10.8. The van der Waals surface area contributed by atoms with Crippen molar-refractivity contribution < 1.29 is 0 Å². The number of benzene rings is 14. The number of anilines is 9. The lowest BCUT2D eigenvalue weighted by molar-refractivity contribution is 0.588. The fourth-order valence-electron chi connectivity index (χ4n) is 18.8. The third kappa shape index (κ3) is 12.3. The summed E-state index contributed by atoms with van der Waals surface area (Å²) < 4.78 is 2.62. The van der Waals surface area contributed by atoms with Gasteiger partial charge in [0.15, 0.2) is 0 Å². The van der Waals surface area contributed by atoms with Gasteiger partial charge in [0.1, 0.15) is 0 Å². The van der Waals surface area contributed by atoms with E-state index < -0.39 is 0 Å². The van der Waals surface area contributed by atoms with Crippen LogP contribution in [-0.2, 0) is 32.5 Å². The van der Waals surface area contributed by atoms with Crippen LogP contribution in [0.15, 0.2) is 301 Å². The predicted molar refractivity (Wildman–Crippen MR) is 499 cm³/mol. The Balaban J connectivity index is 1.02. The van der Waals surface area contributed by atoms with Crippen LogP contribution >= 0.6 is 11.8 Å². The Bertz CT molecular complexity index is 6240. The first-order chi connectivity index (χ1) is 54.8. The third-order valence-electron chi connectivity index (χ3n) is 25.2. The topological polar surface area (TPSA) is 14.7 Å². The molecule has 4 nitrogen and oxygen atoms in total.